The zero-order chi connectivity index (χ0) is 6.99. The number of esters is 1. The molecule has 0 atom stereocenters. The van der Waals surface area contributed by atoms with Crippen LogP contribution in [0.25, 0.3) is 0 Å². The summed E-state index contributed by atoms with van der Waals surface area (Å²) in [5.41, 5.74) is 0. The van der Waals surface area contributed by atoms with Crippen LogP contribution in [0, 0.1) is 6.92 Å². The Hall–Kier alpha value is -0.790. The van der Waals surface area contributed by atoms with Crippen molar-refractivity contribution in [2.24, 2.45) is 0 Å². The van der Waals surface area contributed by atoms with E-state index in [9.17, 15) is 4.79 Å². The first kappa shape index (κ1) is 10.2. The van der Waals surface area contributed by atoms with Crippen LogP contribution in [-0.4, -0.2) is 5.97 Å². The molecule has 0 spiro atoms. The summed E-state index contributed by atoms with van der Waals surface area (Å²) in [6.45, 7) is 10.5. The fraction of sp³-hybridized carbons (Fsp3) is 0.333. The van der Waals surface area contributed by atoms with Crippen molar-refractivity contribution in [2.75, 3.05) is 0 Å². The molecule has 0 amide bonds. The smallest absolute Gasteiger partial charge is 0.307 e. The number of carbonyl (C=O) groups is 1. The van der Waals surface area contributed by atoms with E-state index in [1.807, 2.05) is 0 Å². The molecule has 0 N–H and O–H groups in total. The van der Waals surface area contributed by atoms with Gasteiger partial charge in [0.15, 0.2) is 0 Å². The first-order chi connectivity index (χ1) is 3.77. The average molecular weight is 114 g/mol. The topological polar surface area (TPSA) is 26.3 Å². The molecule has 0 bridgehead atoms. The molecule has 2 heteroatoms. The third-order valence-corrected chi connectivity index (χ3v) is 0.249. The maximum absolute atomic E-state index is 9.75. The zero-order valence-corrected chi connectivity index (χ0v) is 5.18. The molecule has 0 saturated carbocycles. The van der Waals surface area contributed by atoms with Gasteiger partial charge in [0.25, 0.3) is 0 Å². The van der Waals surface area contributed by atoms with Crippen LogP contribution in [0.2, 0.25) is 0 Å². The van der Waals surface area contributed by atoms with Gasteiger partial charge >= 0.3 is 5.97 Å². The number of hydrogen-bond donors (Lipinski definition) is 0. The third-order valence-electron chi connectivity index (χ3n) is 0.249. The van der Waals surface area contributed by atoms with Gasteiger partial charge in [-0.2, -0.15) is 0 Å². The molecule has 46 valence electrons. The van der Waals surface area contributed by atoms with Gasteiger partial charge in [0.05, 0.1) is 6.26 Å². The molecule has 0 rings (SSSR count). The molecular formula is C6H10O2. The van der Waals surface area contributed by atoms with Gasteiger partial charge in [0.1, 0.15) is 0 Å². The maximum Gasteiger partial charge on any atom is 0.307 e. The fourth-order valence-electron chi connectivity index (χ4n) is 0.117. The van der Waals surface area contributed by atoms with Crippen LogP contribution in [0.15, 0.2) is 12.8 Å². The lowest BCUT2D eigenvalue weighted by atomic mass is 10.8. The largest absolute Gasteiger partial charge is 0.435 e. The molecule has 0 aromatic carbocycles. The summed E-state index contributed by atoms with van der Waals surface area (Å²) in [6.07, 6.45) is 1.10. The van der Waals surface area contributed by atoms with Crippen LogP contribution in [0.3, 0.4) is 0 Å². The molecule has 0 fully saturated rings. The number of rotatable bonds is 1. The Kier molecular flexibility index (Phi) is 12.2. The van der Waals surface area contributed by atoms with Crippen molar-refractivity contribution in [1.29, 1.82) is 0 Å². The number of ether oxygens (including phenoxy) is 1. The highest BCUT2D eigenvalue weighted by molar-refractivity contribution is 5.66. The lowest BCUT2D eigenvalue weighted by Crippen LogP contribution is -1.87. The van der Waals surface area contributed by atoms with E-state index in [2.05, 4.69) is 18.2 Å². The van der Waals surface area contributed by atoms with E-state index in [1.54, 1.807) is 0 Å². The second kappa shape index (κ2) is 9.51. The van der Waals surface area contributed by atoms with Gasteiger partial charge in [0, 0.05) is 6.92 Å². The molecule has 0 aliphatic carbocycles. The van der Waals surface area contributed by atoms with Crippen LogP contribution >= 0.6 is 0 Å². The van der Waals surface area contributed by atoms with E-state index < -0.39 is 0 Å². The Balaban J connectivity index is 0. The second-order valence-corrected chi connectivity index (χ2v) is 0.776. The molecule has 0 heterocycles. The molecule has 2 nitrogen and oxygen atoms in total. The van der Waals surface area contributed by atoms with E-state index >= 15 is 0 Å². The first-order valence-corrected chi connectivity index (χ1v) is 2.13. The van der Waals surface area contributed by atoms with Crippen molar-refractivity contribution < 1.29 is 9.53 Å². The lowest BCUT2D eigenvalue weighted by Gasteiger charge is -1.83. The number of carbonyl (C=O) groups excluding carboxylic acids is 1. The van der Waals surface area contributed by atoms with Gasteiger partial charge in [0.2, 0.25) is 0 Å². The highest BCUT2D eigenvalue weighted by Gasteiger charge is 1.79. The van der Waals surface area contributed by atoms with Gasteiger partial charge in [-0.15, -0.1) is 0 Å². The second-order valence-electron chi connectivity index (χ2n) is 0.776. The van der Waals surface area contributed by atoms with Gasteiger partial charge in [-0.25, -0.2) is 0 Å². The normalized spacial score (nSPS) is 5.88. The van der Waals surface area contributed by atoms with Crippen LogP contribution in [0.1, 0.15) is 13.8 Å². The predicted octanol–water partition coefficient (Wildman–Crippen LogP) is 1.41. The minimum Gasteiger partial charge on any atom is -0.435 e. The Morgan fingerprint density at radius 2 is 2.12 bits per heavy atom. The quantitative estimate of drug-likeness (QED) is 0.380. The van der Waals surface area contributed by atoms with Crippen LogP contribution in [0.4, 0.5) is 0 Å². The van der Waals surface area contributed by atoms with Crippen molar-refractivity contribution in [3.63, 3.8) is 0 Å². The Labute approximate surface area is 50.2 Å². The van der Waals surface area contributed by atoms with Crippen LogP contribution in [-0.2, 0) is 9.53 Å². The third kappa shape index (κ3) is 18.9. The highest BCUT2D eigenvalue weighted by Crippen LogP contribution is 1.70. The van der Waals surface area contributed by atoms with Crippen molar-refractivity contribution in [1.82, 2.24) is 0 Å². The molecule has 2 radical (unpaired) electrons. The molecule has 0 aromatic heterocycles. The summed E-state index contributed by atoms with van der Waals surface area (Å²) in [4.78, 5) is 9.75. The molecular weight excluding hydrogens is 104 g/mol. The van der Waals surface area contributed by atoms with Gasteiger partial charge in [-0.3, -0.25) is 4.79 Å². The molecule has 0 aliphatic heterocycles. The average Bonchev–Trinajstić information content (AvgIpc) is 1.72. The van der Waals surface area contributed by atoms with E-state index in [-0.39, 0.29) is 5.97 Å². The van der Waals surface area contributed by atoms with Crippen molar-refractivity contribution in [3.05, 3.63) is 19.8 Å². The number of hydrogen-bond acceptors (Lipinski definition) is 2. The molecule has 0 saturated heterocycles. The van der Waals surface area contributed by atoms with Crippen LogP contribution < -0.4 is 0 Å². The predicted molar refractivity (Wildman–Crippen MR) is 31.9 cm³/mol. The summed E-state index contributed by atoms with van der Waals surface area (Å²) in [5.74, 6) is -0.329. The molecule has 0 aliphatic rings. The Morgan fingerprint density at radius 1 is 1.75 bits per heavy atom. The summed E-state index contributed by atoms with van der Waals surface area (Å²) < 4.78 is 4.17. The van der Waals surface area contributed by atoms with Crippen molar-refractivity contribution in [3.8, 4) is 0 Å². The summed E-state index contributed by atoms with van der Waals surface area (Å²) in [5, 5.41) is 0. The SMILES string of the molecule is C=COC(C)=O.[CH]C. The van der Waals surface area contributed by atoms with Gasteiger partial charge in [-0.05, 0) is 6.92 Å². The van der Waals surface area contributed by atoms with Crippen molar-refractivity contribution >= 4 is 5.97 Å². The summed E-state index contributed by atoms with van der Waals surface area (Å²) in [7, 11) is 0. The summed E-state index contributed by atoms with van der Waals surface area (Å²) in [6, 6.07) is 0. The minimum atomic E-state index is -0.329. The first-order valence-electron chi connectivity index (χ1n) is 2.13. The molecule has 8 heavy (non-hydrogen) atoms. The van der Waals surface area contributed by atoms with E-state index in [4.69, 9.17) is 0 Å². The monoisotopic (exact) mass is 114 g/mol. The minimum absolute atomic E-state index is 0.329. The van der Waals surface area contributed by atoms with E-state index in [1.165, 1.54) is 13.8 Å². The fourth-order valence-corrected chi connectivity index (χ4v) is 0.117. The Bertz CT molecular complexity index is 66.9. The van der Waals surface area contributed by atoms with Gasteiger partial charge in [-0.1, -0.05) is 13.5 Å². The van der Waals surface area contributed by atoms with E-state index in [0.717, 1.165) is 6.26 Å². The van der Waals surface area contributed by atoms with Crippen LogP contribution in [0.5, 0.6) is 0 Å². The standard InChI is InChI=1S/C4H6O2.C2H4/c1-3-6-4(2)5;1-2/h3H,1H2,2H3;1H,2H3. The van der Waals surface area contributed by atoms with Crippen molar-refractivity contribution in [2.45, 2.75) is 13.8 Å². The zero-order valence-electron chi connectivity index (χ0n) is 5.18. The summed E-state index contributed by atoms with van der Waals surface area (Å²) >= 11 is 0. The molecule has 0 unspecified atom stereocenters. The molecule has 0 aromatic rings. The van der Waals surface area contributed by atoms with E-state index in [0.29, 0.717) is 0 Å². The lowest BCUT2D eigenvalue weighted by molar-refractivity contribution is -0.135. The maximum atomic E-state index is 9.75. The van der Waals surface area contributed by atoms with Gasteiger partial charge < -0.3 is 4.74 Å². The Morgan fingerprint density at radius 3 is 2.12 bits per heavy atom. The highest BCUT2D eigenvalue weighted by atomic mass is 16.5.